The van der Waals surface area contributed by atoms with Crippen LogP contribution in [0.5, 0.6) is 0 Å². The van der Waals surface area contributed by atoms with Crippen molar-refractivity contribution in [3.8, 4) is 0 Å². The molecule has 0 aliphatic carbocycles. The van der Waals surface area contributed by atoms with Crippen LogP contribution in [0.15, 0.2) is 17.0 Å². The summed E-state index contributed by atoms with van der Waals surface area (Å²) in [7, 11) is 0. The molecule has 1 radical (unpaired) electrons. The van der Waals surface area contributed by atoms with E-state index in [1.54, 1.807) is 12.1 Å². The van der Waals surface area contributed by atoms with Crippen LogP contribution in [0.25, 0.3) is 0 Å². The van der Waals surface area contributed by atoms with E-state index in [1.165, 1.54) is 0 Å². The van der Waals surface area contributed by atoms with Gasteiger partial charge in [0.1, 0.15) is 0 Å². The van der Waals surface area contributed by atoms with Gasteiger partial charge in [-0.1, -0.05) is 34.8 Å². The van der Waals surface area contributed by atoms with Gasteiger partial charge in [0.2, 0.25) is 0 Å². The van der Waals surface area contributed by atoms with Crippen molar-refractivity contribution in [1.82, 2.24) is 0 Å². The second-order valence-corrected chi connectivity index (χ2v) is 3.42. The van der Waals surface area contributed by atoms with Crippen LogP contribution >= 0.6 is 47.4 Å². The zero-order valence-corrected chi connectivity index (χ0v) is 10.9. The second-order valence-electron chi connectivity index (χ2n) is 1.72. The number of rotatable bonds is 0. The van der Waals surface area contributed by atoms with Gasteiger partial charge >= 0.3 is 0 Å². The first-order valence-corrected chi connectivity index (χ1v) is 4.03. The van der Waals surface area contributed by atoms with Gasteiger partial charge < -0.3 is 0 Å². The maximum Gasteiger partial charge on any atom is 0.0607 e. The van der Waals surface area contributed by atoms with Gasteiger partial charge in [0, 0.05) is 34.5 Å². The summed E-state index contributed by atoms with van der Waals surface area (Å²) < 4.78 is 0. The number of hydrogen-bond donors (Lipinski definition) is 1. The fourth-order valence-electron chi connectivity index (χ4n) is 0.512. The smallest absolute Gasteiger partial charge is 0.0607 e. The molecule has 0 saturated carbocycles. The molecule has 0 amide bonds. The number of benzene rings is 1. The SMILES string of the molecule is Sc1cc(Cl)c(Cl)cc1Cl.[Na]. The molecule has 0 fully saturated rings. The van der Waals surface area contributed by atoms with Gasteiger partial charge in [-0.3, -0.25) is 0 Å². The molecule has 0 aliphatic rings. The van der Waals surface area contributed by atoms with E-state index in [2.05, 4.69) is 12.6 Å². The fraction of sp³-hybridized carbons (Fsp3) is 0. The number of thiol groups is 1. The third-order valence-corrected chi connectivity index (χ3v) is 2.53. The largest absolute Gasteiger partial charge is 0.142 e. The average Bonchev–Trinajstić information content (AvgIpc) is 1.84. The van der Waals surface area contributed by atoms with Crippen molar-refractivity contribution in [3.05, 3.63) is 27.2 Å². The van der Waals surface area contributed by atoms with Gasteiger partial charge in [-0.05, 0) is 12.1 Å². The van der Waals surface area contributed by atoms with Gasteiger partial charge in [0.25, 0.3) is 0 Å². The molecular formula is C6H3Cl3NaS. The van der Waals surface area contributed by atoms with E-state index in [-0.39, 0.29) is 29.6 Å². The van der Waals surface area contributed by atoms with Crippen LogP contribution in [0.2, 0.25) is 15.1 Å². The molecule has 11 heavy (non-hydrogen) atoms. The average molecular weight is 237 g/mol. The Morgan fingerprint density at radius 2 is 1.36 bits per heavy atom. The fourth-order valence-corrected chi connectivity index (χ4v) is 1.33. The van der Waals surface area contributed by atoms with Crippen molar-refractivity contribution in [3.63, 3.8) is 0 Å². The van der Waals surface area contributed by atoms with Crippen LogP contribution in [0.3, 0.4) is 0 Å². The molecule has 0 N–H and O–H groups in total. The molecule has 1 aromatic carbocycles. The van der Waals surface area contributed by atoms with E-state index in [4.69, 9.17) is 34.8 Å². The van der Waals surface area contributed by atoms with Crippen molar-refractivity contribution in [1.29, 1.82) is 0 Å². The Labute approximate surface area is 108 Å². The minimum atomic E-state index is 0. The normalized spacial score (nSPS) is 9.09. The summed E-state index contributed by atoms with van der Waals surface area (Å²) in [5, 5.41) is 1.43. The molecule has 1 rings (SSSR count). The van der Waals surface area contributed by atoms with E-state index in [0.29, 0.717) is 20.0 Å². The van der Waals surface area contributed by atoms with Crippen molar-refractivity contribution in [2.24, 2.45) is 0 Å². The molecule has 5 heteroatoms. The first-order chi connectivity index (χ1) is 4.61. The topological polar surface area (TPSA) is 0 Å². The molecule has 55 valence electrons. The van der Waals surface area contributed by atoms with E-state index < -0.39 is 0 Å². The van der Waals surface area contributed by atoms with Crippen LogP contribution in [0.4, 0.5) is 0 Å². The van der Waals surface area contributed by atoms with Crippen LogP contribution in [0.1, 0.15) is 0 Å². The third kappa shape index (κ3) is 3.35. The summed E-state index contributed by atoms with van der Waals surface area (Å²) in [4.78, 5) is 0.635. The molecule has 0 nitrogen and oxygen atoms in total. The van der Waals surface area contributed by atoms with Crippen LogP contribution in [-0.2, 0) is 0 Å². The second kappa shape index (κ2) is 5.23. The van der Waals surface area contributed by atoms with Crippen LogP contribution in [0, 0.1) is 0 Å². The first kappa shape index (κ1) is 12.4. The summed E-state index contributed by atoms with van der Waals surface area (Å²) in [6, 6.07) is 3.17. The zero-order chi connectivity index (χ0) is 7.72. The summed E-state index contributed by atoms with van der Waals surface area (Å²) in [6.45, 7) is 0. The Morgan fingerprint density at radius 3 is 1.82 bits per heavy atom. The molecule has 0 aromatic heterocycles. The minimum absolute atomic E-state index is 0. The van der Waals surface area contributed by atoms with Gasteiger partial charge in [0.15, 0.2) is 0 Å². The summed E-state index contributed by atoms with van der Waals surface area (Å²) in [6.07, 6.45) is 0. The van der Waals surface area contributed by atoms with Crippen molar-refractivity contribution in [2.45, 2.75) is 4.90 Å². The Bertz CT molecular complexity index is 214. The Hall–Kier alpha value is 1.44. The summed E-state index contributed by atoms with van der Waals surface area (Å²) in [5.74, 6) is 0. The van der Waals surface area contributed by atoms with Crippen molar-refractivity contribution in [2.75, 3.05) is 0 Å². The standard InChI is InChI=1S/C6H3Cl3S.Na/c7-3-1-5(9)6(10)2-4(3)8;/h1-2,10H;. The third-order valence-electron chi connectivity index (χ3n) is 0.990. The summed E-state index contributed by atoms with van der Waals surface area (Å²) in [5.41, 5.74) is 0. The molecule has 0 unspecified atom stereocenters. The van der Waals surface area contributed by atoms with Crippen molar-refractivity contribution >= 4 is 77.0 Å². The zero-order valence-electron chi connectivity index (χ0n) is 5.74. The number of halogens is 3. The van der Waals surface area contributed by atoms with Gasteiger partial charge in [-0.25, -0.2) is 0 Å². The molecule has 0 aliphatic heterocycles. The van der Waals surface area contributed by atoms with Gasteiger partial charge in [-0.15, -0.1) is 12.6 Å². The van der Waals surface area contributed by atoms with Gasteiger partial charge in [0.05, 0.1) is 15.1 Å². The minimum Gasteiger partial charge on any atom is -0.142 e. The van der Waals surface area contributed by atoms with Gasteiger partial charge in [-0.2, -0.15) is 0 Å². The summed E-state index contributed by atoms with van der Waals surface area (Å²) >= 11 is 21.0. The monoisotopic (exact) mass is 235 g/mol. The maximum atomic E-state index is 5.67. The number of hydrogen-bond acceptors (Lipinski definition) is 1. The Morgan fingerprint density at radius 1 is 0.909 bits per heavy atom. The molecule has 0 saturated heterocycles. The molecular weight excluding hydrogens is 233 g/mol. The molecule has 0 bridgehead atoms. The van der Waals surface area contributed by atoms with Crippen LogP contribution < -0.4 is 0 Å². The predicted molar refractivity (Wildman–Crippen MR) is 54.5 cm³/mol. The maximum absolute atomic E-state index is 5.67. The van der Waals surface area contributed by atoms with E-state index in [0.717, 1.165) is 0 Å². The quantitative estimate of drug-likeness (QED) is 0.397. The molecule has 0 heterocycles. The molecule has 0 spiro atoms. The Kier molecular flexibility index (Phi) is 5.92. The molecule has 1 aromatic rings. The van der Waals surface area contributed by atoms with E-state index in [1.807, 2.05) is 0 Å². The van der Waals surface area contributed by atoms with E-state index in [9.17, 15) is 0 Å². The van der Waals surface area contributed by atoms with Crippen LogP contribution in [-0.4, -0.2) is 29.6 Å². The molecule has 0 atom stereocenters. The van der Waals surface area contributed by atoms with Crippen molar-refractivity contribution < 1.29 is 0 Å². The van der Waals surface area contributed by atoms with E-state index >= 15 is 0 Å². The predicted octanol–water partition coefficient (Wildman–Crippen LogP) is 3.55. The Balaban J connectivity index is 0.000001000. The first-order valence-electron chi connectivity index (χ1n) is 2.45.